The first-order valence-corrected chi connectivity index (χ1v) is 7.91. The Morgan fingerprint density at radius 2 is 1.83 bits per heavy atom. The van der Waals surface area contributed by atoms with Gasteiger partial charge in [-0.3, -0.25) is 4.79 Å². The van der Waals surface area contributed by atoms with Crippen LogP contribution < -0.4 is 5.32 Å². The zero-order valence-corrected chi connectivity index (χ0v) is 14.1. The number of amides is 1. The van der Waals surface area contributed by atoms with E-state index < -0.39 is 0 Å². The van der Waals surface area contributed by atoms with Crippen molar-refractivity contribution in [2.45, 2.75) is 19.0 Å². The minimum absolute atomic E-state index is 0.149. The van der Waals surface area contributed by atoms with E-state index in [1.54, 1.807) is 30.3 Å². The van der Waals surface area contributed by atoms with Crippen molar-refractivity contribution < 1.29 is 15.0 Å². The molecule has 0 saturated carbocycles. The van der Waals surface area contributed by atoms with Crippen LogP contribution in [0, 0.1) is 0 Å². The highest BCUT2D eigenvalue weighted by Gasteiger charge is 2.14. The van der Waals surface area contributed by atoms with Crippen LogP contribution in [0.3, 0.4) is 0 Å². The van der Waals surface area contributed by atoms with Gasteiger partial charge >= 0.3 is 0 Å². The molecule has 3 N–H and O–H groups in total. The fourth-order valence-electron chi connectivity index (χ4n) is 2.52. The van der Waals surface area contributed by atoms with E-state index in [0.29, 0.717) is 12.0 Å². The maximum Gasteiger partial charge on any atom is 0.251 e. The molecule has 2 aromatic rings. The van der Waals surface area contributed by atoms with Crippen molar-refractivity contribution >= 4 is 5.91 Å². The highest BCUT2D eigenvalue weighted by Crippen LogP contribution is 2.12. The molecule has 0 aliphatic carbocycles. The Kier molecular flexibility index (Phi) is 6.35. The molecule has 1 atom stereocenters. The van der Waals surface area contributed by atoms with Crippen molar-refractivity contribution in [2.24, 2.45) is 0 Å². The second-order valence-electron chi connectivity index (χ2n) is 6.16. The lowest BCUT2D eigenvalue weighted by molar-refractivity contribution is 0.0916. The number of phenolic OH excluding ortho intramolecular Hbond substituents is 1. The molecule has 0 aromatic heterocycles. The second-order valence-corrected chi connectivity index (χ2v) is 6.16. The summed E-state index contributed by atoms with van der Waals surface area (Å²) >= 11 is 0. The van der Waals surface area contributed by atoms with Gasteiger partial charge in [-0.1, -0.05) is 24.3 Å². The summed E-state index contributed by atoms with van der Waals surface area (Å²) in [5.74, 6) is -0.00512. The minimum Gasteiger partial charge on any atom is -0.508 e. The molecule has 0 aliphatic rings. The van der Waals surface area contributed by atoms with Crippen molar-refractivity contribution in [2.75, 3.05) is 20.7 Å². The average Bonchev–Trinajstić information content (AvgIpc) is 2.55. The first-order chi connectivity index (χ1) is 11.5. The van der Waals surface area contributed by atoms with E-state index >= 15 is 0 Å². The molecule has 0 heterocycles. The molecule has 0 fully saturated rings. The molecule has 5 heteroatoms. The predicted octanol–water partition coefficient (Wildman–Crippen LogP) is 1.79. The Hall–Kier alpha value is -2.37. The van der Waals surface area contributed by atoms with Gasteiger partial charge < -0.3 is 20.4 Å². The van der Waals surface area contributed by atoms with Gasteiger partial charge in [-0.05, 0) is 55.9 Å². The Balaban J connectivity index is 2.02. The van der Waals surface area contributed by atoms with E-state index in [0.717, 1.165) is 17.7 Å². The number of aromatic hydroxyl groups is 1. The van der Waals surface area contributed by atoms with Crippen molar-refractivity contribution in [1.29, 1.82) is 0 Å². The van der Waals surface area contributed by atoms with Crippen LogP contribution in [-0.2, 0) is 13.0 Å². The van der Waals surface area contributed by atoms with Gasteiger partial charge in [0.25, 0.3) is 5.91 Å². The van der Waals surface area contributed by atoms with Gasteiger partial charge in [-0.2, -0.15) is 0 Å². The van der Waals surface area contributed by atoms with Crippen LogP contribution >= 0.6 is 0 Å². The number of phenols is 1. The van der Waals surface area contributed by atoms with E-state index in [1.165, 1.54) is 0 Å². The molecule has 0 spiro atoms. The minimum atomic E-state index is -0.375. The summed E-state index contributed by atoms with van der Waals surface area (Å²) in [7, 11) is 3.96. The van der Waals surface area contributed by atoms with E-state index in [4.69, 9.17) is 0 Å². The molecule has 128 valence electrons. The van der Waals surface area contributed by atoms with Gasteiger partial charge in [0.05, 0.1) is 12.6 Å². The lowest BCUT2D eigenvalue weighted by Gasteiger charge is -2.17. The molecule has 2 rings (SSSR count). The van der Waals surface area contributed by atoms with E-state index in [2.05, 4.69) is 5.32 Å². The normalized spacial score (nSPS) is 12.2. The summed E-state index contributed by atoms with van der Waals surface area (Å²) in [6.07, 6.45) is 0.500. The third-order valence-electron chi connectivity index (χ3n) is 3.66. The fourth-order valence-corrected chi connectivity index (χ4v) is 2.52. The highest BCUT2D eigenvalue weighted by atomic mass is 16.3. The number of carbonyl (C=O) groups is 1. The molecule has 0 unspecified atom stereocenters. The Labute approximate surface area is 142 Å². The van der Waals surface area contributed by atoms with Crippen LogP contribution in [0.25, 0.3) is 0 Å². The largest absolute Gasteiger partial charge is 0.508 e. The quantitative estimate of drug-likeness (QED) is 0.724. The number of hydrogen-bond acceptors (Lipinski definition) is 4. The number of rotatable bonds is 7. The first kappa shape index (κ1) is 18.0. The molecular weight excluding hydrogens is 304 g/mol. The maximum absolute atomic E-state index is 12.4. The number of nitrogens with one attached hydrogen (secondary N) is 1. The summed E-state index contributed by atoms with van der Waals surface area (Å²) < 4.78 is 0. The SMILES string of the molecule is CN(C)Cc1cccc(C(=O)N[C@H](CO)Cc2ccc(O)cc2)c1. The first-order valence-electron chi connectivity index (χ1n) is 7.91. The molecule has 0 radical (unpaired) electrons. The number of benzene rings is 2. The topological polar surface area (TPSA) is 72.8 Å². The molecule has 2 aromatic carbocycles. The van der Waals surface area contributed by atoms with E-state index in [9.17, 15) is 15.0 Å². The lowest BCUT2D eigenvalue weighted by Crippen LogP contribution is -2.39. The van der Waals surface area contributed by atoms with E-state index in [-0.39, 0.29) is 24.3 Å². The third-order valence-corrected chi connectivity index (χ3v) is 3.66. The van der Waals surface area contributed by atoms with Crippen LogP contribution in [0.15, 0.2) is 48.5 Å². The zero-order chi connectivity index (χ0) is 17.5. The number of aliphatic hydroxyl groups excluding tert-OH is 1. The summed E-state index contributed by atoms with van der Waals surface area (Å²) in [5, 5.41) is 21.7. The van der Waals surface area contributed by atoms with Crippen molar-refractivity contribution in [1.82, 2.24) is 10.2 Å². The van der Waals surface area contributed by atoms with E-state index in [1.807, 2.05) is 37.2 Å². The number of carbonyl (C=O) groups excluding carboxylic acids is 1. The Morgan fingerprint density at radius 3 is 2.46 bits per heavy atom. The third kappa shape index (κ3) is 5.37. The standard InChI is InChI=1S/C19H24N2O3/c1-21(2)12-15-4-3-5-16(10-15)19(24)20-17(13-22)11-14-6-8-18(23)9-7-14/h3-10,17,22-23H,11-13H2,1-2H3,(H,20,24)/t17-/m0/s1. The molecular formula is C19H24N2O3. The average molecular weight is 328 g/mol. The number of nitrogens with zero attached hydrogens (tertiary/aromatic N) is 1. The monoisotopic (exact) mass is 328 g/mol. The van der Waals surface area contributed by atoms with Crippen LogP contribution in [0.4, 0.5) is 0 Å². The smallest absolute Gasteiger partial charge is 0.251 e. The molecule has 0 aliphatic heterocycles. The van der Waals surface area contributed by atoms with Gasteiger partial charge in [-0.15, -0.1) is 0 Å². The highest BCUT2D eigenvalue weighted by molar-refractivity contribution is 5.94. The van der Waals surface area contributed by atoms with Gasteiger partial charge in [0.2, 0.25) is 0 Å². The molecule has 5 nitrogen and oxygen atoms in total. The Bertz CT molecular complexity index is 669. The van der Waals surface area contributed by atoms with Crippen LogP contribution in [0.2, 0.25) is 0 Å². The van der Waals surface area contributed by atoms with Crippen LogP contribution in [-0.4, -0.2) is 47.8 Å². The molecule has 0 bridgehead atoms. The van der Waals surface area contributed by atoms with Crippen LogP contribution in [0.5, 0.6) is 5.75 Å². The summed E-state index contributed by atoms with van der Waals surface area (Å²) in [4.78, 5) is 14.5. The predicted molar refractivity (Wildman–Crippen MR) is 94.0 cm³/mol. The van der Waals surface area contributed by atoms with Crippen molar-refractivity contribution in [3.05, 3.63) is 65.2 Å². The second kappa shape index (κ2) is 8.47. The molecule has 0 saturated heterocycles. The number of aliphatic hydroxyl groups is 1. The fraction of sp³-hybridized carbons (Fsp3) is 0.316. The van der Waals surface area contributed by atoms with Gasteiger partial charge in [0.1, 0.15) is 5.75 Å². The van der Waals surface area contributed by atoms with Crippen molar-refractivity contribution in [3.63, 3.8) is 0 Å². The lowest BCUT2D eigenvalue weighted by atomic mass is 10.1. The van der Waals surface area contributed by atoms with Crippen molar-refractivity contribution in [3.8, 4) is 5.75 Å². The van der Waals surface area contributed by atoms with Gasteiger partial charge in [0, 0.05) is 12.1 Å². The Morgan fingerprint density at radius 1 is 1.12 bits per heavy atom. The molecule has 1 amide bonds. The maximum atomic E-state index is 12.4. The van der Waals surface area contributed by atoms with Gasteiger partial charge in [-0.25, -0.2) is 0 Å². The number of hydrogen-bond donors (Lipinski definition) is 3. The zero-order valence-electron chi connectivity index (χ0n) is 14.1. The summed E-state index contributed by atoms with van der Waals surface area (Å²) in [6.45, 7) is 0.613. The summed E-state index contributed by atoms with van der Waals surface area (Å²) in [5.41, 5.74) is 2.58. The molecule has 24 heavy (non-hydrogen) atoms. The summed E-state index contributed by atoms with van der Waals surface area (Å²) in [6, 6.07) is 13.8. The van der Waals surface area contributed by atoms with Gasteiger partial charge in [0.15, 0.2) is 0 Å². The van der Waals surface area contributed by atoms with Crippen LogP contribution in [0.1, 0.15) is 21.5 Å².